The molecule has 0 saturated carbocycles. The molecule has 0 aliphatic carbocycles. The van der Waals surface area contributed by atoms with E-state index in [1.54, 1.807) is 0 Å². The average molecular weight is 281 g/mol. The number of hydrogen-bond donors (Lipinski definition) is 0. The molecule has 0 saturated heterocycles. The van der Waals surface area contributed by atoms with E-state index in [1.165, 1.54) is 22.0 Å². The third kappa shape index (κ3) is 3.79. The molecular formula is C15H21Br. The minimum Gasteiger partial charge on any atom is -0.0888 e. The van der Waals surface area contributed by atoms with Crippen molar-refractivity contribution in [2.75, 3.05) is 0 Å². The molecule has 0 nitrogen and oxygen atoms in total. The zero-order valence-electron chi connectivity index (χ0n) is 10.5. The van der Waals surface area contributed by atoms with Crippen molar-refractivity contribution in [3.63, 3.8) is 0 Å². The van der Waals surface area contributed by atoms with Gasteiger partial charge in [0.1, 0.15) is 0 Å². The third-order valence-electron chi connectivity index (χ3n) is 2.97. The molecule has 1 rings (SSSR count). The molecule has 0 N–H and O–H groups in total. The maximum atomic E-state index is 3.55. The van der Waals surface area contributed by atoms with Crippen LogP contribution >= 0.6 is 15.9 Å². The van der Waals surface area contributed by atoms with E-state index in [0.29, 0.717) is 5.92 Å². The lowest BCUT2D eigenvalue weighted by Gasteiger charge is -2.14. The Labute approximate surface area is 108 Å². The fourth-order valence-electron chi connectivity index (χ4n) is 1.89. The fourth-order valence-corrected chi connectivity index (χ4v) is 2.13. The van der Waals surface area contributed by atoms with Crippen LogP contribution in [0.1, 0.15) is 50.2 Å². The second-order valence-corrected chi connectivity index (χ2v) is 5.08. The number of benzene rings is 1. The van der Waals surface area contributed by atoms with E-state index in [1.807, 2.05) is 0 Å². The van der Waals surface area contributed by atoms with Crippen molar-refractivity contribution in [1.29, 1.82) is 0 Å². The lowest BCUT2D eigenvalue weighted by atomic mass is 9.92. The highest BCUT2D eigenvalue weighted by molar-refractivity contribution is 9.10. The first-order chi connectivity index (χ1) is 7.69. The molecule has 1 atom stereocenters. The Morgan fingerprint density at radius 3 is 2.56 bits per heavy atom. The molecule has 1 aromatic rings. The molecule has 0 aromatic heterocycles. The monoisotopic (exact) mass is 280 g/mol. The molecule has 1 unspecified atom stereocenters. The first-order valence-corrected chi connectivity index (χ1v) is 6.89. The Morgan fingerprint density at radius 2 is 2.00 bits per heavy atom. The second kappa shape index (κ2) is 6.90. The SMILES string of the molecule is CC/C=C\CC(CC)c1ccc(Br)c(C)c1. The van der Waals surface area contributed by atoms with Crippen LogP contribution in [0.15, 0.2) is 34.8 Å². The van der Waals surface area contributed by atoms with E-state index in [4.69, 9.17) is 0 Å². The van der Waals surface area contributed by atoms with Crippen molar-refractivity contribution < 1.29 is 0 Å². The Balaban J connectivity index is 2.78. The lowest BCUT2D eigenvalue weighted by Crippen LogP contribution is -1.96. The molecular weight excluding hydrogens is 260 g/mol. The minimum atomic E-state index is 0.662. The van der Waals surface area contributed by atoms with E-state index < -0.39 is 0 Å². The van der Waals surface area contributed by atoms with Crippen LogP contribution in [0.4, 0.5) is 0 Å². The second-order valence-electron chi connectivity index (χ2n) is 4.23. The highest BCUT2D eigenvalue weighted by Crippen LogP contribution is 2.27. The topological polar surface area (TPSA) is 0 Å². The fraction of sp³-hybridized carbons (Fsp3) is 0.467. The highest BCUT2D eigenvalue weighted by Gasteiger charge is 2.08. The molecule has 16 heavy (non-hydrogen) atoms. The van der Waals surface area contributed by atoms with E-state index in [-0.39, 0.29) is 0 Å². The molecule has 0 radical (unpaired) electrons. The van der Waals surface area contributed by atoms with Gasteiger partial charge in [-0.3, -0.25) is 0 Å². The summed E-state index contributed by atoms with van der Waals surface area (Å²) in [4.78, 5) is 0. The molecule has 0 aliphatic rings. The van der Waals surface area contributed by atoms with Crippen LogP contribution < -0.4 is 0 Å². The number of hydrogen-bond acceptors (Lipinski definition) is 0. The Bertz CT molecular complexity index is 352. The summed E-state index contributed by atoms with van der Waals surface area (Å²) in [5.74, 6) is 0.662. The van der Waals surface area contributed by atoms with Crippen molar-refractivity contribution >= 4 is 15.9 Å². The van der Waals surface area contributed by atoms with Gasteiger partial charge < -0.3 is 0 Å². The number of aryl methyl sites for hydroxylation is 1. The van der Waals surface area contributed by atoms with Gasteiger partial charge in [-0.05, 0) is 49.3 Å². The normalized spacial score (nSPS) is 13.2. The van der Waals surface area contributed by atoms with Gasteiger partial charge >= 0.3 is 0 Å². The maximum Gasteiger partial charge on any atom is 0.0204 e. The first kappa shape index (κ1) is 13.5. The largest absolute Gasteiger partial charge is 0.0888 e. The van der Waals surface area contributed by atoms with Gasteiger partial charge in [-0.2, -0.15) is 0 Å². The van der Waals surface area contributed by atoms with E-state index in [0.717, 1.165) is 12.8 Å². The van der Waals surface area contributed by atoms with Crippen LogP contribution in [0, 0.1) is 6.92 Å². The number of halogens is 1. The summed E-state index contributed by atoms with van der Waals surface area (Å²) in [6.07, 6.45) is 8.07. The Morgan fingerprint density at radius 1 is 1.25 bits per heavy atom. The maximum absolute atomic E-state index is 3.55. The quantitative estimate of drug-likeness (QED) is 0.615. The minimum absolute atomic E-state index is 0.662. The first-order valence-electron chi connectivity index (χ1n) is 6.10. The zero-order valence-corrected chi connectivity index (χ0v) is 12.0. The molecule has 88 valence electrons. The highest BCUT2D eigenvalue weighted by atomic mass is 79.9. The van der Waals surface area contributed by atoms with Gasteiger partial charge in [0.05, 0.1) is 0 Å². The van der Waals surface area contributed by atoms with Gasteiger partial charge in [-0.25, -0.2) is 0 Å². The van der Waals surface area contributed by atoms with Crippen LogP contribution in [0.5, 0.6) is 0 Å². The summed E-state index contributed by atoms with van der Waals surface area (Å²) in [6, 6.07) is 6.71. The van der Waals surface area contributed by atoms with Crippen LogP contribution in [0.25, 0.3) is 0 Å². The van der Waals surface area contributed by atoms with Gasteiger partial charge in [0, 0.05) is 4.47 Å². The number of rotatable bonds is 5. The Kier molecular flexibility index (Phi) is 5.83. The van der Waals surface area contributed by atoms with Crippen molar-refractivity contribution in [1.82, 2.24) is 0 Å². The average Bonchev–Trinajstić information content (AvgIpc) is 2.29. The van der Waals surface area contributed by atoms with E-state index in [9.17, 15) is 0 Å². The third-order valence-corrected chi connectivity index (χ3v) is 3.86. The summed E-state index contributed by atoms with van der Waals surface area (Å²) in [5, 5.41) is 0. The summed E-state index contributed by atoms with van der Waals surface area (Å²) in [6.45, 7) is 6.60. The van der Waals surface area contributed by atoms with Crippen molar-refractivity contribution in [2.24, 2.45) is 0 Å². The summed E-state index contributed by atoms with van der Waals surface area (Å²) in [7, 11) is 0. The molecule has 0 aliphatic heterocycles. The van der Waals surface area contributed by atoms with Gasteiger partial charge in [0.25, 0.3) is 0 Å². The van der Waals surface area contributed by atoms with Crippen molar-refractivity contribution in [3.05, 3.63) is 46.0 Å². The standard InChI is InChI=1S/C15H21Br/c1-4-6-7-8-13(5-2)14-9-10-15(16)12(3)11-14/h6-7,9-11,13H,4-5,8H2,1-3H3/b7-6-. The lowest BCUT2D eigenvalue weighted by molar-refractivity contribution is 0.672. The predicted octanol–water partition coefficient (Wildman–Crippen LogP) is 5.61. The molecule has 0 spiro atoms. The molecule has 0 bridgehead atoms. The smallest absolute Gasteiger partial charge is 0.0204 e. The van der Waals surface area contributed by atoms with Gasteiger partial charge in [-0.15, -0.1) is 0 Å². The predicted molar refractivity (Wildman–Crippen MR) is 76.0 cm³/mol. The number of allylic oxidation sites excluding steroid dienone is 2. The summed E-state index contributed by atoms with van der Waals surface area (Å²) < 4.78 is 1.20. The van der Waals surface area contributed by atoms with Crippen LogP contribution in [0.2, 0.25) is 0 Å². The van der Waals surface area contributed by atoms with Crippen molar-refractivity contribution in [3.8, 4) is 0 Å². The molecule has 0 amide bonds. The van der Waals surface area contributed by atoms with Gasteiger partial charge in [-0.1, -0.05) is 54.1 Å². The van der Waals surface area contributed by atoms with Crippen LogP contribution in [-0.2, 0) is 0 Å². The summed E-state index contributed by atoms with van der Waals surface area (Å²) in [5.41, 5.74) is 2.79. The van der Waals surface area contributed by atoms with Gasteiger partial charge in [0.2, 0.25) is 0 Å². The summed E-state index contributed by atoms with van der Waals surface area (Å²) >= 11 is 3.55. The van der Waals surface area contributed by atoms with Gasteiger partial charge in [0.15, 0.2) is 0 Å². The van der Waals surface area contributed by atoms with E-state index >= 15 is 0 Å². The van der Waals surface area contributed by atoms with Crippen LogP contribution in [-0.4, -0.2) is 0 Å². The van der Waals surface area contributed by atoms with E-state index in [2.05, 4.69) is 67.1 Å². The molecule has 0 fully saturated rings. The van der Waals surface area contributed by atoms with Crippen molar-refractivity contribution in [2.45, 2.75) is 46.0 Å². The zero-order chi connectivity index (χ0) is 12.0. The molecule has 1 heteroatoms. The molecule has 0 heterocycles. The molecule has 1 aromatic carbocycles. The Hall–Kier alpha value is -0.560. The van der Waals surface area contributed by atoms with Crippen LogP contribution in [0.3, 0.4) is 0 Å².